The van der Waals surface area contributed by atoms with Crippen LogP contribution < -0.4 is 16.0 Å². The lowest BCUT2D eigenvalue weighted by Crippen LogP contribution is -2.36. The van der Waals surface area contributed by atoms with Crippen LogP contribution in [0, 0.1) is 11.6 Å². The Balaban J connectivity index is 1.49. The molecule has 43 heavy (non-hydrogen) atoms. The molecular weight excluding hydrogens is 588 g/mol. The van der Waals surface area contributed by atoms with Crippen molar-refractivity contribution in [1.29, 1.82) is 0 Å². The first-order chi connectivity index (χ1) is 20.3. The van der Waals surface area contributed by atoms with Crippen molar-refractivity contribution in [3.63, 3.8) is 0 Å². The average Bonchev–Trinajstić information content (AvgIpc) is 3.59. The van der Waals surface area contributed by atoms with Crippen molar-refractivity contribution in [3.8, 4) is 5.69 Å². The number of nitrogens with one attached hydrogen (secondary N) is 2. The molecule has 0 unspecified atom stereocenters. The molecule has 2 amide bonds. The fraction of sp³-hybridized carbons (Fsp3) is 0.185. The Kier molecular flexibility index (Phi) is 7.49. The molecule has 224 valence electrons. The Bertz CT molecular complexity index is 1880. The number of halogens is 2. The maximum atomic E-state index is 13.8. The fourth-order valence-electron chi connectivity index (χ4n) is 4.79. The number of H-pyrrole nitrogens is 1. The van der Waals surface area contributed by atoms with E-state index in [2.05, 4.69) is 15.5 Å². The number of anilines is 2. The van der Waals surface area contributed by atoms with Crippen molar-refractivity contribution in [2.24, 2.45) is 5.73 Å². The molecule has 0 aliphatic carbocycles. The highest BCUT2D eigenvalue weighted by Crippen LogP contribution is 2.31. The smallest absolute Gasteiger partial charge is 0.337 e. The molecule has 0 bridgehead atoms. The van der Waals surface area contributed by atoms with E-state index in [0.29, 0.717) is 28.7 Å². The van der Waals surface area contributed by atoms with Gasteiger partial charge in [-0.2, -0.15) is 9.40 Å². The number of benzene rings is 2. The number of amides is 2. The van der Waals surface area contributed by atoms with Crippen LogP contribution in [0.5, 0.6) is 0 Å². The summed E-state index contributed by atoms with van der Waals surface area (Å²) in [5.74, 6) is -4.96. The monoisotopic (exact) mass is 613 g/mol. The number of aromatic carboxylic acids is 1. The minimum Gasteiger partial charge on any atom is -0.478 e. The van der Waals surface area contributed by atoms with Gasteiger partial charge in [0.25, 0.3) is 5.91 Å². The Labute approximate surface area is 243 Å². The van der Waals surface area contributed by atoms with Crippen molar-refractivity contribution < 1.29 is 36.7 Å². The normalized spacial score (nSPS) is 13.4. The number of hydrogen-bond acceptors (Lipinski definition) is 7. The van der Waals surface area contributed by atoms with E-state index in [0.717, 1.165) is 16.4 Å². The van der Waals surface area contributed by atoms with Crippen molar-refractivity contribution in [3.05, 3.63) is 88.4 Å². The van der Waals surface area contributed by atoms with Crippen LogP contribution in [-0.4, -0.2) is 71.0 Å². The number of primary amides is 1. The highest BCUT2D eigenvalue weighted by molar-refractivity contribution is 7.89. The molecule has 0 saturated heterocycles. The molecule has 16 heteroatoms. The number of carbonyl (C=O) groups is 3. The summed E-state index contributed by atoms with van der Waals surface area (Å²) in [6.07, 6.45) is 3.00. The number of nitrogens with two attached hydrogens (primary N) is 1. The van der Waals surface area contributed by atoms with Gasteiger partial charge in [-0.3, -0.25) is 14.7 Å². The lowest BCUT2D eigenvalue weighted by Gasteiger charge is -2.26. The largest absolute Gasteiger partial charge is 0.478 e. The van der Waals surface area contributed by atoms with Gasteiger partial charge in [-0.1, -0.05) is 0 Å². The second-order valence-corrected chi connectivity index (χ2v) is 11.9. The number of aromatic nitrogens is 3. The molecule has 5 N–H and O–H groups in total. The standard InChI is InChI=1S/C27H25F2N7O6S/c1-34(2)22-10-18(24(30)37)19(11-23(22)35-5-3-14(12-35)27(39)40)26(38)31-25-20-13-36(6-4-21(20)32-33-25)43(41,42)17-8-15(28)7-16(29)9-17/h3,5,7-12H,4,6,13H2,1-2H3,(H2,30,37)(H,39,40)(H2,31,32,33,38). The van der Waals surface area contributed by atoms with Crippen molar-refractivity contribution in [1.82, 2.24) is 19.1 Å². The van der Waals surface area contributed by atoms with Gasteiger partial charge in [0, 0.05) is 63.3 Å². The summed E-state index contributed by atoms with van der Waals surface area (Å²) < 4.78 is 56.4. The average molecular weight is 614 g/mol. The number of rotatable bonds is 8. The van der Waals surface area contributed by atoms with Gasteiger partial charge < -0.3 is 25.6 Å². The van der Waals surface area contributed by atoms with Crippen LogP contribution in [-0.2, 0) is 23.0 Å². The third-order valence-electron chi connectivity index (χ3n) is 6.93. The Morgan fingerprint density at radius 1 is 1.09 bits per heavy atom. The van der Waals surface area contributed by atoms with Crippen LogP contribution in [0.2, 0.25) is 0 Å². The van der Waals surface area contributed by atoms with Gasteiger partial charge in [0.1, 0.15) is 11.6 Å². The predicted octanol–water partition coefficient (Wildman–Crippen LogP) is 2.34. The summed E-state index contributed by atoms with van der Waals surface area (Å²) in [5.41, 5.74) is 7.03. The SMILES string of the molecule is CN(C)c1cc(C(N)=O)c(C(=O)Nc2n[nH]c3c2CN(S(=O)(=O)c2cc(F)cc(F)c2)CC3)cc1-n1ccc(C(=O)O)c1. The minimum atomic E-state index is -4.31. The molecule has 2 aromatic heterocycles. The Morgan fingerprint density at radius 2 is 1.79 bits per heavy atom. The lowest BCUT2D eigenvalue weighted by molar-refractivity contribution is 0.0696. The molecule has 0 atom stereocenters. The van der Waals surface area contributed by atoms with E-state index in [4.69, 9.17) is 5.73 Å². The lowest BCUT2D eigenvalue weighted by atomic mass is 10.0. The minimum absolute atomic E-state index is 0.00155. The number of nitrogens with zero attached hydrogens (tertiary/aromatic N) is 4. The highest BCUT2D eigenvalue weighted by atomic mass is 32.2. The summed E-state index contributed by atoms with van der Waals surface area (Å²) in [7, 11) is -0.921. The van der Waals surface area contributed by atoms with Gasteiger partial charge in [0.05, 0.1) is 33.0 Å². The van der Waals surface area contributed by atoms with Gasteiger partial charge in [0.2, 0.25) is 15.9 Å². The van der Waals surface area contributed by atoms with E-state index < -0.39 is 44.3 Å². The number of hydrogen-bond donors (Lipinski definition) is 4. The molecule has 0 radical (unpaired) electrons. The Hall–Kier alpha value is -5.09. The first kappa shape index (κ1) is 29.4. The van der Waals surface area contributed by atoms with Crippen molar-refractivity contribution in [2.75, 3.05) is 30.9 Å². The quantitative estimate of drug-likeness (QED) is 0.233. The van der Waals surface area contributed by atoms with Crippen LogP contribution in [0.1, 0.15) is 42.3 Å². The van der Waals surface area contributed by atoms with Crippen LogP contribution in [0.3, 0.4) is 0 Å². The van der Waals surface area contributed by atoms with Crippen molar-refractivity contribution in [2.45, 2.75) is 17.9 Å². The summed E-state index contributed by atoms with van der Waals surface area (Å²) >= 11 is 0. The number of carboxylic acid groups (broad SMARTS) is 1. The summed E-state index contributed by atoms with van der Waals surface area (Å²) in [6, 6.07) is 6.16. The molecule has 1 aliphatic heterocycles. The van der Waals surface area contributed by atoms with Gasteiger partial charge >= 0.3 is 5.97 Å². The zero-order valence-electron chi connectivity index (χ0n) is 22.8. The van der Waals surface area contributed by atoms with E-state index >= 15 is 0 Å². The van der Waals surface area contributed by atoms with Crippen LogP contribution in [0.25, 0.3) is 5.69 Å². The number of carboxylic acids is 1. The van der Waals surface area contributed by atoms with Gasteiger partial charge in [-0.25, -0.2) is 22.0 Å². The number of aromatic amines is 1. The molecule has 4 aromatic rings. The highest BCUT2D eigenvalue weighted by Gasteiger charge is 2.32. The number of sulfonamides is 1. The molecule has 13 nitrogen and oxygen atoms in total. The van der Waals surface area contributed by atoms with Crippen LogP contribution >= 0.6 is 0 Å². The third-order valence-corrected chi connectivity index (χ3v) is 8.75. The van der Waals surface area contributed by atoms with Crippen molar-refractivity contribution >= 4 is 39.3 Å². The zero-order valence-corrected chi connectivity index (χ0v) is 23.6. The maximum Gasteiger partial charge on any atom is 0.337 e. The first-order valence-electron chi connectivity index (χ1n) is 12.7. The molecule has 5 rings (SSSR count). The van der Waals surface area contributed by atoms with Crippen LogP contribution in [0.4, 0.5) is 20.3 Å². The van der Waals surface area contributed by atoms with Crippen LogP contribution in [0.15, 0.2) is 53.7 Å². The zero-order chi connectivity index (χ0) is 31.2. The van der Waals surface area contributed by atoms with E-state index in [1.807, 2.05) is 0 Å². The van der Waals surface area contributed by atoms with Gasteiger partial charge in [0.15, 0.2) is 5.82 Å². The number of carbonyl (C=O) groups excluding carboxylic acids is 2. The van der Waals surface area contributed by atoms with E-state index in [-0.39, 0.29) is 42.0 Å². The fourth-order valence-corrected chi connectivity index (χ4v) is 6.24. The molecule has 0 saturated carbocycles. The van der Waals surface area contributed by atoms with E-state index in [9.17, 15) is 36.7 Å². The second kappa shape index (κ2) is 11.0. The first-order valence-corrected chi connectivity index (χ1v) is 14.1. The van der Waals surface area contributed by atoms with Gasteiger partial charge in [-0.05, 0) is 30.3 Å². The summed E-state index contributed by atoms with van der Waals surface area (Å²) in [6.45, 7) is -0.282. The predicted molar refractivity (Wildman–Crippen MR) is 150 cm³/mol. The molecule has 2 aromatic carbocycles. The van der Waals surface area contributed by atoms with E-state index in [1.165, 1.54) is 35.2 Å². The molecular formula is C27H25F2N7O6S. The Morgan fingerprint density at radius 3 is 2.40 bits per heavy atom. The topological polar surface area (TPSA) is 184 Å². The third kappa shape index (κ3) is 5.56. The summed E-state index contributed by atoms with van der Waals surface area (Å²) in [4.78, 5) is 38.5. The molecule has 0 spiro atoms. The van der Waals surface area contributed by atoms with Gasteiger partial charge in [-0.15, -0.1) is 0 Å². The molecule has 1 aliphatic rings. The molecule has 3 heterocycles. The summed E-state index contributed by atoms with van der Waals surface area (Å²) in [5, 5.41) is 18.8. The van der Waals surface area contributed by atoms with E-state index in [1.54, 1.807) is 19.0 Å². The molecule has 0 fully saturated rings. The maximum absolute atomic E-state index is 13.8. The second-order valence-electron chi connectivity index (χ2n) is 9.93. The number of fused-ring (bicyclic) bond motifs is 1.